The van der Waals surface area contributed by atoms with Gasteiger partial charge in [-0.05, 0) is 48.5 Å². The maximum atomic E-state index is 12.9. The zero-order valence-corrected chi connectivity index (χ0v) is 17.7. The van der Waals surface area contributed by atoms with Crippen molar-refractivity contribution in [1.82, 2.24) is 4.98 Å². The lowest BCUT2D eigenvalue weighted by Crippen LogP contribution is -2.21. The quantitative estimate of drug-likeness (QED) is 0.443. The SMILES string of the molecule is COc1ccc(-c2cc(C(=O)OCC(=O)Nc3ccccc3C#N)c3ccccc3n2)cc1. The molecule has 4 rings (SSSR count). The van der Waals surface area contributed by atoms with Gasteiger partial charge in [0.15, 0.2) is 6.61 Å². The van der Waals surface area contributed by atoms with Crippen molar-refractivity contribution in [2.45, 2.75) is 0 Å². The number of amides is 1. The predicted molar refractivity (Wildman–Crippen MR) is 124 cm³/mol. The maximum Gasteiger partial charge on any atom is 0.339 e. The Labute approximate surface area is 190 Å². The first-order chi connectivity index (χ1) is 16.1. The Morgan fingerprint density at radius 3 is 2.48 bits per heavy atom. The van der Waals surface area contributed by atoms with Crippen LogP contribution in [0.4, 0.5) is 5.69 Å². The van der Waals surface area contributed by atoms with Crippen LogP contribution in [-0.4, -0.2) is 30.6 Å². The number of esters is 1. The predicted octanol–water partition coefficient (Wildman–Crippen LogP) is 4.58. The van der Waals surface area contributed by atoms with Gasteiger partial charge in [0.2, 0.25) is 0 Å². The van der Waals surface area contributed by atoms with Crippen LogP contribution >= 0.6 is 0 Å². The number of carbonyl (C=O) groups is 2. The van der Waals surface area contributed by atoms with Gasteiger partial charge in [0.05, 0.1) is 35.1 Å². The molecule has 0 spiro atoms. The first kappa shape index (κ1) is 21.5. The van der Waals surface area contributed by atoms with Gasteiger partial charge in [0.25, 0.3) is 5.91 Å². The summed E-state index contributed by atoms with van der Waals surface area (Å²) in [6.07, 6.45) is 0. The fourth-order valence-electron chi connectivity index (χ4n) is 3.34. The van der Waals surface area contributed by atoms with E-state index in [-0.39, 0.29) is 0 Å². The Bertz CT molecular complexity index is 1370. The first-order valence-electron chi connectivity index (χ1n) is 10.1. The third-order valence-corrected chi connectivity index (χ3v) is 4.98. The fraction of sp³-hybridized carbons (Fsp3) is 0.0769. The van der Waals surface area contributed by atoms with E-state index in [9.17, 15) is 9.59 Å². The van der Waals surface area contributed by atoms with Crippen molar-refractivity contribution >= 4 is 28.5 Å². The van der Waals surface area contributed by atoms with E-state index in [4.69, 9.17) is 14.7 Å². The summed E-state index contributed by atoms with van der Waals surface area (Å²) in [7, 11) is 1.59. The number of nitrogens with zero attached hydrogens (tertiary/aromatic N) is 2. The maximum absolute atomic E-state index is 12.9. The monoisotopic (exact) mass is 437 g/mol. The second kappa shape index (κ2) is 9.62. The van der Waals surface area contributed by atoms with Crippen molar-refractivity contribution < 1.29 is 19.1 Å². The van der Waals surface area contributed by atoms with Crippen LogP contribution in [0, 0.1) is 11.3 Å². The topological polar surface area (TPSA) is 101 Å². The number of para-hydroxylation sites is 2. The van der Waals surface area contributed by atoms with Gasteiger partial charge >= 0.3 is 5.97 Å². The minimum absolute atomic E-state index is 0.302. The molecular formula is C26H19N3O4. The standard InChI is InChI=1S/C26H19N3O4/c1-32-19-12-10-17(11-13-19)24-14-21(20-7-3-5-9-23(20)28-24)26(31)33-16-25(30)29-22-8-4-2-6-18(22)15-27/h2-14H,16H2,1H3,(H,29,30). The second-order valence-electron chi connectivity index (χ2n) is 7.08. The van der Waals surface area contributed by atoms with Crippen molar-refractivity contribution in [3.05, 3.63) is 90.0 Å². The van der Waals surface area contributed by atoms with Gasteiger partial charge < -0.3 is 14.8 Å². The molecule has 1 N–H and O–H groups in total. The van der Waals surface area contributed by atoms with Gasteiger partial charge in [-0.15, -0.1) is 0 Å². The summed E-state index contributed by atoms with van der Waals surface area (Å²) < 4.78 is 10.5. The molecule has 0 atom stereocenters. The van der Waals surface area contributed by atoms with Crippen LogP contribution in [0.2, 0.25) is 0 Å². The van der Waals surface area contributed by atoms with E-state index in [1.165, 1.54) is 0 Å². The molecule has 0 unspecified atom stereocenters. The molecule has 0 radical (unpaired) electrons. The molecule has 0 aliphatic heterocycles. The van der Waals surface area contributed by atoms with Crippen LogP contribution in [0.15, 0.2) is 78.9 Å². The van der Waals surface area contributed by atoms with E-state index in [1.54, 1.807) is 49.6 Å². The van der Waals surface area contributed by atoms with Crippen molar-refractivity contribution in [1.29, 1.82) is 5.26 Å². The van der Waals surface area contributed by atoms with Crippen molar-refractivity contribution in [3.63, 3.8) is 0 Å². The third kappa shape index (κ3) is 4.81. The largest absolute Gasteiger partial charge is 0.497 e. The minimum atomic E-state index is -0.646. The van der Waals surface area contributed by atoms with Gasteiger partial charge in [-0.3, -0.25) is 4.79 Å². The lowest BCUT2D eigenvalue weighted by Gasteiger charge is -2.11. The Morgan fingerprint density at radius 2 is 1.73 bits per heavy atom. The molecule has 7 nitrogen and oxygen atoms in total. The molecule has 1 amide bonds. The molecule has 0 saturated carbocycles. The number of hydrogen-bond donors (Lipinski definition) is 1. The Balaban J connectivity index is 1.57. The molecule has 162 valence electrons. The number of nitriles is 1. The van der Waals surface area contributed by atoms with E-state index in [0.717, 1.165) is 5.56 Å². The zero-order chi connectivity index (χ0) is 23.2. The molecule has 1 heterocycles. The number of ether oxygens (including phenoxy) is 2. The van der Waals surface area contributed by atoms with Crippen LogP contribution in [0.1, 0.15) is 15.9 Å². The molecule has 0 fully saturated rings. The number of benzene rings is 3. The summed E-state index contributed by atoms with van der Waals surface area (Å²) in [5.41, 5.74) is 3.01. The highest BCUT2D eigenvalue weighted by Gasteiger charge is 2.17. The Kier molecular flexibility index (Phi) is 6.28. The van der Waals surface area contributed by atoms with Crippen LogP contribution in [0.25, 0.3) is 22.2 Å². The van der Waals surface area contributed by atoms with Crippen molar-refractivity contribution in [2.75, 3.05) is 19.0 Å². The van der Waals surface area contributed by atoms with E-state index in [1.807, 2.05) is 42.5 Å². The number of nitrogens with one attached hydrogen (secondary N) is 1. The number of methoxy groups -OCH3 is 1. The van der Waals surface area contributed by atoms with E-state index < -0.39 is 18.5 Å². The molecule has 7 heteroatoms. The number of carbonyl (C=O) groups excluding carboxylic acids is 2. The summed E-state index contributed by atoms with van der Waals surface area (Å²) in [6.45, 7) is -0.493. The van der Waals surface area contributed by atoms with Gasteiger partial charge in [0.1, 0.15) is 11.8 Å². The number of fused-ring (bicyclic) bond motifs is 1. The Morgan fingerprint density at radius 1 is 1.00 bits per heavy atom. The summed E-state index contributed by atoms with van der Waals surface area (Å²) in [4.78, 5) is 29.9. The number of rotatable bonds is 6. The molecule has 4 aromatic rings. The van der Waals surface area contributed by atoms with Gasteiger partial charge in [-0.25, -0.2) is 9.78 Å². The van der Waals surface area contributed by atoms with Crippen LogP contribution in [0.3, 0.4) is 0 Å². The summed E-state index contributed by atoms with van der Waals surface area (Å²) in [5, 5.41) is 12.4. The smallest absolute Gasteiger partial charge is 0.339 e. The molecule has 0 aliphatic rings. The molecule has 33 heavy (non-hydrogen) atoms. The second-order valence-corrected chi connectivity index (χ2v) is 7.08. The minimum Gasteiger partial charge on any atom is -0.497 e. The highest BCUT2D eigenvalue weighted by Crippen LogP contribution is 2.27. The normalized spacial score (nSPS) is 10.3. The van der Waals surface area contributed by atoms with Crippen LogP contribution in [0.5, 0.6) is 5.75 Å². The molecule has 3 aromatic carbocycles. The van der Waals surface area contributed by atoms with E-state index in [2.05, 4.69) is 10.3 Å². The summed E-state index contributed by atoms with van der Waals surface area (Å²) in [6, 6.07) is 24.8. The highest BCUT2D eigenvalue weighted by molar-refractivity contribution is 6.05. The van der Waals surface area contributed by atoms with Crippen LogP contribution < -0.4 is 10.1 Å². The fourth-order valence-corrected chi connectivity index (χ4v) is 3.34. The van der Waals surface area contributed by atoms with Crippen molar-refractivity contribution in [3.8, 4) is 23.1 Å². The lowest BCUT2D eigenvalue weighted by molar-refractivity contribution is -0.119. The summed E-state index contributed by atoms with van der Waals surface area (Å²) in [5.74, 6) is -0.477. The molecule has 0 aliphatic carbocycles. The Hall–Kier alpha value is -4.70. The first-order valence-corrected chi connectivity index (χ1v) is 10.1. The van der Waals surface area contributed by atoms with Gasteiger partial charge in [-0.1, -0.05) is 30.3 Å². The van der Waals surface area contributed by atoms with Gasteiger partial charge in [0, 0.05) is 10.9 Å². The van der Waals surface area contributed by atoms with Crippen molar-refractivity contribution in [2.24, 2.45) is 0 Å². The number of pyridine rings is 1. The average molecular weight is 437 g/mol. The van der Waals surface area contributed by atoms with Gasteiger partial charge in [-0.2, -0.15) is 5.26 Å². The zero-order valence-electron chi connectivity index (χ0n) is 17.7. The molecule has 1 aromatic heterocycles. The highest BCUT2D eigenvalue weighted by atomic mass is 16.5. The summed E-state index contributed by atoms with van der Waals surface area (Å²) >= 11 is 0. The number of hydrogen-bond acceptors (Lipinski definition) is 6. The molecule has 0 saturated heterocycles. The van der Waals surface area contributed by atoms with E-state index >= 15 is 0 Å². The number of aromatic nitrogens is 1. The lowest BCUT2D eigenvalue weighted by atomic mass is 10.0. The third-order valence-electron chi connectivity index (χ3n) is 4.98. The molecular weight excluding hydrogens is 418 g/mol. The van der Waals surface area contributed by atoms with E-state index in [0.29, 0.717) is 39.2 Å². The van der Waals surface area contributed by atoms with Crippen LogP contribution in [-0.2, 0) is 9.53 Å². The number of anilines is 1. The average Bonchev–Trinajstić information content (AvgIpc) is 2.87. The molecule has 0 bridgehead atoms.